The summed E-state index contributed by atoms with van der Waals surface area (Å²) in [5, 5.41) is 0. The Bertz CT molecular complexity index is 912. The van der Waals surface area contributed by atoms with Crippen LogP contribution in [0.25, 0.3) is 11.5 Å². The molecule has 1 amide bonds. The van der Waals surface area contributed by atoms with Gasteiger partial charge in [0.25, 0.3) is 5.91 Å². The third kappa shape index (κ3) is 3.24. The van der Waals surface area contributed by atoms with Crippen LogP contribution in [-0.2, 0) is 7.05 Å². The van der Waals surface area contributed by atoms with E-state index in [0.29, 0.717) is 10.8 Å². The summed E-state index contributed by atoms with van der Waals surface area (Å²) >= 11 is 1.39. The maximum Gasteiger partial charge on any atom is 0.265 e. The van der Waals surface area contributed by atoms with Crippen LogP contribution in [-0.4, -0.2) is 48.4 Å². The SMILES string of the molecule is Cc1nc(-c2nccn2C)cc(C2CCN(C(=O)c3cncs3)CC2)n1. The monoisotopic (exact) mass is 368 g/mol. The van der Waals surface area contributed by atoms with E-state index in [0.717, 1.165) is 49.0 Å². The molecule has 26 heavy (non-hydrogen) atoms. The zero-order valence-corrected chi connectivity index (χ0v) is 15.6. The van der Waals surface area contributed by atoms with Gasteiger partial charge in [0.05, 0.1) is 11.7 Å². The molecule has 0 aromatic carbocycles. The number of aromatic nitrogens is 5. The van der Waals surface area contributed by atoms with E-state index in [2.05, 4.69) is 19.9 Å². The molecular weight excluding hydrogens is 348 g/mol. The maximum atomic E-state index is 12.5. The van der Waals surface area contributed by atoms with Crippen LogP contribution >= 0.6 is 11.3 Å². The fraction of sp³-hybridized carbons (Fsp3) is 0.389. The molecule has 0 bridgehead atoms. The molecule has 3 aromatic heterocycles. The molecule has 0 spiro atoms. The number of aryl methyl sites for hydroxylation is 2. The Morgan fingerprint density at radius 2 is 2.08 bits per heavy atom. The molecule has 1 fully saturated rings. The Balaban J connectivity index is 1.50. The largest absolute Gasteiger partial charge is 0.338 e. The second-order valence-corrected chi connectivity index (χ2v) is 7.41. The van der Waals surface area contributed by atoms with E-state index in [4.69, 9.17) is 0 Å². The van der Waals surface area contributed by atoms with E-state index < -0.39 is 0 Å². The standard InChI is InChI=1S/C18H20N6OS/c1-12-21-14(9-15(22-12)17-20-5-8-23(17)2)13-3-6-24(7-4-13)18(25)16-10-19-11-26-16/h5,8-11,13H,3-4,6-7H2,1-2H3. The molecule has 8 heteroatoms. The summed E-state index contributed by atoms with van der Waals surface area (Å²) in [7, 11) is 1.96. The van der Waals surface area contributed by atoms with Gasteiger partial charge in [0.15, 0.2) is 5.82 Å². The maximum absolute atomic E-state index is 12.5. The van der Waals surface area contributed by atoms with Gasteiger partial charge in [-0.15, -0.1) is 11.3 Å². The fourth-order valence-electron chi connectivity index (χ4n) is 3.38. The molecular formula is C18H20N6OS. The normalized spacial score (nSPS) is 15.4. The number of hydrogen-bond donors (Lipinski definition) is 0. The van der Waals surface area contributed by atoms with Crippen LogP contribution in [0.4, 0.5) is 0 Å². The van der Waals surface area contributed by atoms with Gasteiger partial charge >= 0.3 is 0 Å². The van der Waals surface area contributed by atoms with Gasteiger partial charge in [-0.3, -0.25) is 9.78 Å². The summed E-state index contributed by atoms with van der Waals surface area (Å²) in [6.07, 6.45) is 7.14. The number of piperidine rings is 1. The van der Waals surface area contributed by atoms with Crippen molar-refractivity contribution in [2.75, 3.05) is 13.1 Å². The first-order valence-corrected chi connectivity index (χ1v) is 9.51. The average molecular weight is 368 g/mol. The predicted octanol–water partition coefficient (Wildman–Crippen LogP) is 2.66. The minimum atomic E-state index is 0.0820. The van der Waals surface area contributed by atoms with Gasteiger partial charge in [0.2, 0.25) is 0 Å². The van der Waals surface area contributed by atoms with Gasteiger partial charge in [-0.05, 0) is 25.8 Å². The minimum absolute atomic E-state index is 0.0820. The summed E-state index contributed by atoms with van der Waals surface area (Å²) in [6, 6.07) is 2.04. The van der Waals surface area contributed by atoms with Crippen molar-refractivity contribution in [1.82, 2.24) is 29.4 Å². The van der Waals surface area contributed by atoms with E-state index in [1.807, 2.05) is 35.7 Å². The molecule has 1 saturated heterocycles. The van der Waals surface area contributed by atoms with Gasteiger partial charge < -0.3 is 9.47 Å². The summed E-state index contributed by atoms with van der Waals surface area (Å²) in [6.45, 7) is 3.39. The molecule has 134 valence electrons. The van der Waals surface area contributed by atoms with Crippen LogP contribution in [0.15, 0.2) is 30.2 Å². The first kappa shape index (κ1) is 16.8. The van der Waals surface area contributed by atoms with Crippen LogP contribution in [0.1, 0.15) is 39.9 Å². The molecule has 1 aliphatic rings. The molecule has 0 aliphatic carbocycles. The van der Waals surface area contributed by atoms with Gasteiger partial charge in [0.1, 0.15) is 16.4 Å². The number of carbonyl (C=O) groups is 1. The van der Waals surface area contributed by atoms with Crippen molar-refractivity contribution in [3.05, 3.63) is 46.6 Å². The van der Waals surface area contributed by atoms with Crippen molar-refractivity contribution in [2.45, 2.75) is 25.7 Å². The molecule has 0 N–H and O–H groups in total. The molecule has 0 saturated carbocycles. The van der Waals surface area contributed by atoms with Gasteiger partial charge in [-0.25, -0.2) is 15.0 Å². The van der Waals surface area contributed by atoms with Crippen molar-refractivity contribution < 1.29 is 4.79 Å². The predicted molar refractivity (Wildman–Crippen MR) is 99.0 cm³/mol. The van der Waals surface area contributed by atoms with E-state index in [1.54, 1.807) is 17.9 Å². The first-order chi connectivity index (χ1) is 12.6. The molecule has 0 unspecified atom stereocenters. The summed E-state index contributed by atoms with van der Waals surface area (Å²) < 4.78 is 1.96. The second kappa shape index (κ2) is 6.95. The first-order valence-electron chi connectivity index (χ1n) is 8.63. The second-order valence-electron chi connectivity index (χ2n) is 6.52. The Morgan fingerprint density at radius 1 is 1.27 bits per heavy atom. The molecule has 4 rings (SSSR count). The summed E-state index contributed by atoms with van der Waals surface area (Å²) in [5.41, 5.74) is 3.59. The molecule has 7 nitrogen and oxygen atoms in total. The van der Waals surface area contributed by atoms with Crippen LogP contribution in [0.2, 0.25) is 0 Å². The van der Waals surface area contributed by atoms with Crippen molar-refractivity contribution in [1.29, 1.82) is 0 Å². The van der Waals surface area contributed by atoms with Crippen LogP contribution in [0, 0.1) is 6.92 Å². The Kier molecular flexibility index (Phi) is 4.50. The Hall–Kier alpha value is -2.61. The topological polar surface area (TPSA) is 76.8 Å². The molecule has 1 aliphatic heterocycles. The third-order valence-corrected chi connectivity index (χ3v) is 5.51. The number of rotatable bonds is 3. The number of thiazole rings is 1. The Labute approximate surface area is 155 Å². The lowest BCUT2D eigenvalue weighted by molar-refractivity contribution is 0.0716. The highest BCUT2D eigenvalue weighted by molar-refractivity contribution is 7.11. The molecule has 4 heterocycles. The fourth-order valence-corrected chi connectivity index (χ4v) is 3.97. The lowest BCUT2D eigenvalue weighted by atomic mass is 9.92. The summed E-state index contributed by atoms with van der Waals surface area (Å²) in [5.74, 6) is 2.01. The van der Waals surface area contributed by atoms with E-state index in [9.17, 15) is 4.79 Å². The zero-order chi connectivity index (χ0) is 18.1. The molecule has 3 aromatic rings. The van der Waals surface area contributed by atoms with Crippen molar-refractivity contribution in [3.8, 4) is 11.5 Å². The molecule has 0 atom stereocenters. The van der Waals surface area contributed by atoms with E-state index >= 15 is 0 Å². The van der Waals surface area contributed by atoms with Crippen LogP contribution in [0.3, 0.4) is 0 Å². The number of carbonyl (C=O) groups excluding carboxylic acids is 1. The summed E-state index contributed by atoms with van der Waals surface area (Å²) in [4.78, 5) is 32.7. The quantitative estimate of drug-likeness (QED) is 0.710. The minimum Gasteiger partial charge on any atom is -0.338 e. The lowest BCUT2D eigenvalue weighted by Crippen LogP contribution is -2.37. The van der Waals surface area contributed by atoms with Crippen molar-refractivity contribution in [3.63, 3.8) is 0 Å². The van der Waals surface area contributed by atoms with Crippen molar-refractivity contribution in [2.24, 2.45) is 7.05 Å². The highest BCUT2D eigenvalue weighted by Gasteiger charge is 2.26. The van der Waals surface area contributed by atoms with E-state index in [1.165, 1.54) is 11.3 Å². The van der Waals surface area contributed by atoms with E-state index in [-0.39, 0.29) is 5.91 Å². The van der Waals surface area contributed by atoms with Crippen LogP contribution < -0.4 is 0 Å². The Morgan fingerprint density at radius 3 is 2.73 bits per heavy atom. The smallest absolute Gasteiger partial charge is 0.265 e. The third-order valence-electron chi connectivity index (χ3n) is 4.75. The van der Waals surface area contributed by atoms with Gasteiger partial charge in [-0.1, -0.05) is 0 Å². The number of imidazole rings is 1. The van der Waals surface area contributed by atoms with Crippen molar-refractivity contribution >= 4 is 17.2 Å². The highest BCUT2D eigenvalue weighted by Crippen LogP contribution is 2.29. The lowest BCUT2D eigenvalue weighted by Gasteiger charge is -2.31. The average Bonchev–Trinajstić information content (AvgIpc) is 3.32. The van der Waals surface area contributed by atoms with Gasteiger partial charge in [0, 0.05) is 44.1 Å². The number of likely N-dealkylation sites (tertiary alicyclic amines) is 1. The number of amides is 1. The number of nitrogens with zero attached hydrogens (tertiary/aromatic N) is 6. The van der Waals surface area contributed by atoms with Crippen LogP contribution in [0.5, 0.6) is 0 Å². The number of hydrogen-bond acceptors (Lipinski definition) is 6. The van der Waals surface area contributed by atoms with Gasteiger partial charge in [-0.2, -0.15) is 0 Å². The molecule has 0 radical (unpaired) electrons. The zero-order valence-electron chi connectivity index (χ0n) is 14.8. The highest BCUT2D eigenvalue weighted by atomic mass is 32.1.